The fourth-order valence-electron chi connectivity index (χ4n) is 3.67. The molecule has 3 unspecified atom stereocenters. The summed E-state index contributed by atoms with van der Waals surface area (Å²) in [5.74, 6) is 2.55. The van der Waals surface area contributed by atoms with Gasteiger partial charge in [0, 0.05) is 6.61 Å². The molecule has 2 aliphatic rings. The molecular formula is C34H52O9Si. The summed E-state index contributed by atoms with van der Waals surface area (Å²) in [5, 5.41) is 0. The standard InChI is InChI=1S/C30H40O9Si.2C2H6/c1-4-31-16-10-11-17-38-40(3,5-2)39-26(22-36-29-14-8-6-12-27(29)34-20-24-18-32-24)23-37-30-15-9-7-13-28(30)35-21-25-19-33-25;2*1-2/h4-9,12-15,24-26H,1-2,10-11,16-23H2,3H3;2*1-2H3. The van der Waals surface area contributed by atoms with Crippen molar-refractivity contribution in [2.45, 2.75) is 65.4 Å². The first-order valence-corrected chi connectivity index (χ1v) is 18.1. The molecule has 2 saturated heterocycles. The second-order valence-corrected chi connectivity index (χ2v) is 12.6. The van der Waals surface area contributed by atoms with Crippen molar-refractivity contribution in [2.24, 2.45) is 0 Å². The third-order valence-corrected chi connectivity index (χ3v) is 8.46. The summed E-state index contributed by atoms with van der Waals surface area (Å²) in [4.78, 5) is 0. The summed E-state index contributed by atoms with van der Waals surface area (Å²) < 4.78 is 52.7. The van der Waals surface area contributed by atoms with Gasteiger partial charge < -0.3 is 42.0 Å². The highest BCUT2D eigenvalue weighted by Gasteiger charge is 2.33. The maximum Gasteiger partial charge on any atom is 0.361 e. The van der Waals surface area contributed by atoms with Crippen LogP contribution in [0.2, 0.25) is 6.55 Å². The van der Waals surface area contributed by atoms with Crippen LogP contribution in [0, 0.1) is 0 Å². The van der Waals surface area contributed by atoms with Gasteiger partial charge in [-0.25, -0.2) is 0 Å². The second-order valence-electron chi connectivity index (χ2n) is 9.60. The molecule has 2 aromatic rings. The summed E-state index contributed by atoms with van der Waals surface area (Å²) in [6.45, 7) is 21.5. The van der Waals surface area contributed by atoms with Crippen molar-refractivity contribution in [3.05, 3.63) is 73.7 Å². The number of hydrogen-bond donors (Lipinski definition) is 0. The van der Waals surface area contributed by atoms with Gasteiger partial charge in [-0.15, -0.1) is 6.58 Å². The molecule has 3 atom stereocenters. The van der Waals surface area contributed by atoms with Crippen LogP contribution in [-0.2, 0) is 23.1 Å². The smallest absolute Gasteiger partial charge is 0.361 e. The minimum atomic E-state index is -2.75. The molecule has 10 heteroatoms. The van der Waals surface area contributed by atoms with Crippen LogP contribution < -0.4 is 18.9 Å². The van der Waals surface area contributed by atoms with Crippen LogP contribution in [0.1, 0.15) is 40.5 Å². The van der Waals surface area contributed by atoms with Crippen LogP contribution in [-0.4, -0.2) is 79.7 Å². The van der Waals surface area contributed by atoms with Gasteiger partial charge in [0.2, 0.25) is 0 Å². The largest absolute Gasteiger partial charge is 0.502 e. The van der Waals surface area contributed by atoms with Crippen LogP contribution in [0.5, 0.6) is 23.0 Å². The van der Waals surface area contributed by atoms with E-state index in [4.69, 9.17) is 42.0 Å². The zero-order valence-corrected chi connectivity index (χ0v) is 28.2. The van der Waals surface area contributed by atoms with E-state index in [0.29, 0.717) is 49.4 Å². The maximum atomic E-state index is 6.53. The molecule has 2 heterocycles. The maximum absolute atomic E-state index is 6.53. The monoisotopic (exact) mass is 632 g/mol. The normalized spacial score (nSPS) is 18.0. The fraction of sp³-hybridized carbons (Fsp3) is 0.529. The lowest BCUT2D eigenvalue weighted by Gasteiger charge is -2.29. The number of rotatable bonds is 22. The molecule has 0 aromatic heterocycles. The Hall–Kier alpha value is -3.02. The molecule has 4 rings (SSSR count). The Morgan fingerprint density at radius 3 is 1.59 bits per heavy atom. The van der Waals surface area contributed by atoms with E-state index in [9.17, 15) is 0 Å². The molecule has 0 spiro atoms. The third kappa shape index (κ3) is 14.6. The Kier molecular flexibility index (Phi) is 18.3. The highest BCUT2D eigenvalue weighted by molar-refractivity contribution is 6.71. The number of unbranched alkanes of at least 4 members (excludes halogenated alkanes) is 1. The molecule has 0 aliphatic carbocycles. The van der Waals surface area contributed by atoms with E-state index in [-0.39, 0.29) is 25.4 Å². The van der Waals surface area contributed by atoms with Gasteiger partial charge >= 0.3 is 8.56 Å². The van der Waals surface area contributed by atoms with Crippen molar-refractivity contribution in [2.75, 3.05) is 52.9 Å². The first kappa shape index (κ1) is 37.2. The molecule has 44 heavy (non-hydrogen) atoms. The number of hydrogen-bond acceptors (Lipinski definition) is 9. The van der Waals surface area contributed by atoms with Gasteiger partial charge in [0.05, 0.1) is 26.1 Å². The van der Waals surface area contributed by atoms with Gasteiger partial charge in [0.15, 0.2) is 23.0 Å². The first-order valence-electron chi connectivity index (χ1n) is 15.7. The number of ether oxygens (including phenoxy) is 7. The Morgan fingerprint density at radius 1 is 0.750 bits per heavy atom. The molecule has 2 fully saturated rings. The van der Waals surface area contributed by atoms with Crippen LogP contribution in [0.4, 0.5) is 0 Å². The molecule has 0 N–H and O–H groups in total. The Balaban J connectivity index is 0.00000162. The topological polar surface area (TPSA) is 89.7 Å². The molecule has 0 bridgehead atoms. The van der Waals surface area contributed by atoms with E-state index in [2.05, 4.69) is 13.2 Å². The van der Waals surface area contributed by atoms with Crippen LogP contribution in [0.15, 0.2) is 73.7 Å². The summed E-state index contributed by atoms with van der Waals surface area (Å²) in [5.41, 5.74) is 1.78. The average Bonchev–Trinajstić information content (AvgIpc) is 4.01. The lowest BCUT2D eigenvalue weighted by atomic mass is 10.3. The van der Waals surface area contributed by atoms with Gasteiger partial charge in [-0.2, -0.15) is 0 Å². The molecule has 0 radical (unpaired) electrons. The van der Waals surface area contributed by atoms with Gasteiger partial charge in [-0.3, -0.25) is 0 Å². The van der Waals surface area contributed by atoms with Gasteiger partial charge in [-0.05, 0) is 49.4 Å². The summed E-state index contributed by atoms with van der Waals surface area (Å²) in [7, 11) is -2.75. The number of benzene rings is 2. The molecular weight excluding hydrogens is 580 g/mol. The summed E-state index contributed by atoms with van der Waals surface area (Å²) in [6.07, 6.45) is 2.96. The molecule has 9 nitrogen and oxygen atoms in total. The lowest BCUT2D eigenvalue weighted by molar-refractivity contribution is 0.0462. The average molecular weight is 633 g/mol. The van der Waals surface area contributed by atoms with Gasteiger partial charge in [0.25, 0.3) is 0 Å². The van der Waals surface area contributed by atoms with E-state index in [0.717, 1.165) is 26.1 Å². The van der Waals surface area contributed by atoms with Crippen LogP contribution in [0.25, 0.3) is 0 Å². The lowest BCUT2D eigenvalue weighted by Crippen LogP contribution is -2.44. The van der Waals surface area contributed by atoms with Crippen LogP contribution in [0.3, 0.4) is 0 Å². The second kappa shape index (κ2) is 21.6. The molecule has 0 amide bonds. The van der Waals surface area contributed by atoms with Crippen LogP contribution >= 0.6 is 0 Å². The van der Waals surface area contributed by atoms with E-state index >= 15 is 0 Å². The van der Waals surface area contributed by atoms with E-state index < -0.39 is 14.7 Å². The van der Waals surface area contributed by atoms with Gasteiger partial charge in [0.1, 0.15) is 44.7 Å². The van der Waals surface area contributed by atoms with Crippen molar-refractivity contribution in [3.63, 3.8) is 0 Å². The van der Waals surface area contributed by atoms with E-state index in [1.165, 1.54) is 6.26 Å². The molecule has 2 aromatic carbocycles. The molecule has 0 saturated carbocycles. The molecule has 246 valence electrons. The minimum Gasteiger partial charge on any atom is -0.502 e. The molecule has 2 aliphatic heterocycles. The predicted molar refractivity (Wildman–Crippen MR) is 175 cm³/mol. The summed E-state index contributed by atoms with van der Waals surface area (Å²) >= 11 is 0. The van der Waals surface area contributed by atoms with E-state index in [1.807, 2.05) is 82.8 Å². The van der Waals surface area contributed by atoms with Crippen molar-refractivity contribution in [1.82, 2.24) is 0 Å². The van der Waals surface area contributed by atoms with Gasteiger partial charge in [-0.1, -0.05) is 58.5 Å². The zero-order valence-electron chi connectivity index (χ0n) is 27.2. The van der Waals surface area contributed by atoms with Crippen molar-refractivity contribution < 1.29 is 42.0 Å². The highest BCUT2D eigenvalue weighted by atomic mass is 28.4. The SMILES string of the molecule is C=COCCCCO[Si](C)(C=C)OC(COc1ccccc1OCC1CO1)COc1ccccc1OCC1CO1.CC.CC. The predicted octanol–water partition coefficient (Wildman–Crippen LogP) is 6.89. The Labute approximate surface area is 265 Å². The van der Waals surface area contributed by atoms with Crippen molar-refractivity contribution in [1.29, 1.82) is 0 Å². The highest BCUT2D eigenvalue weighted by Crippen LogP contribution is 2.30. The zero-order chi connectivity index (χ0) is 32.0. The first-order chi connectivity index (χ1) is 21.6. The minimum absolute atomic E-state index is 0.145. The number of epoxide rings is 2. The fourth-order valence-corrected chi connectivity index (χ4v) is 5.30. The number of para-hydroxylation sites is 4. The third-order valence-electron chi connectivity index (χ3n) is 6.14. The Bertz CT molecular complexity index is 997. The Morgan fingerprint density at radius 2 is 1.18 bits per heavy atom. The van der Waals surface area contributed by atoms with E-state index in [1.54, 1.807) is 5.70 Å². The van der Waals surface area contributed by atoms with Crippen molar-refractivity contribution in [3.8, 4) is 23.0 Å². The summed E-state index contributed by atoms with van der Waals surface area (Å²) in [6, 6.07) is 15.1. The van der Waals surface area contributed by atoms with Crippen molar-refractivity contribution >= 4 is 8.56 Å². The quantitative estimate of drug-likeness (QED) is 0.0596.